The molecule has 0 bridgehead atoms. The fraction of sp³-hybridized carbons (Fsp3) is 0.292. The average molecular weight is 389 g/mol. The molecule has 1 heterocycles. The second kappa shape index (κ2) is 8.64. The zero-order valence-corrected chi connectivity index (χ0v) is 16.6. The summed E-state index contributed by atoms with van der Waals surface area (Å²) in [5.41, 5.74) is 5.08. The van der Waals surface area contributed by atoms with Gasteiger partial charge in [0.15, 0.2) is 0 Å². The Balaban J connectivity index is 1.49. The van der Waals surface area contributed by atoms with E-state index in [0.29, 0.717) is 19.0 Å². The number of amides is 1. The molecule has 3 aromatic carbocycles. The van der Waals surface area contributed by atoms with Gasteiger partial charge < -0.3 is 10.4 Å². The molecule has 0 aliphatic carbocycles. The van der Waals surface area contributed by atoms with Crippen molar-refractivity contribution in [2.75, 3.05) is 19.6 Å². The van der Waals surface area contributed by atoms with Gasteiger partial charge in [-0.25, -0.2) is 9.80 Å². The summed E-state index contributed by atoms with van der Waals surface area (Å²) >= 11 is 0. The van der Waals surface area contributed by atoms with E-state index in [2.05, 4.69) is 72.3 Å². The van der Waals surface area contributed by atoms with Crippen molar-refractivity contribution in [3.8, 4) is 0 Å². The van der Waals surface area contributed by atoms with E-state index in [1.165, 1.54) is 21.9 Å². The number of nitrogens with one attached hydrogen (secondary N) is 2. The van der Waals surface area contributed by atoms with Crippen LogP contribution in [0.25, 0.3) is 10.8 Å². The number of carboxylic acid groups (broad SMARTS) is 1. The summed E-state index contributed by atoms with van der Waals surface area (Å²) in [5, 5.41) is 17.2. The maximum atomic E-state index is 11.1. The largest absolute Gasteiger partial charge is 0.464 e. The number of rotatable bonds is 6. The van der Waals surface area contributed by atoms with Crippen molar-refractivity contribution in [3.63, 3.8) is 0 Å². The molecule has 4 rings (SSSR count). The van der Waals surface area contributed by atoms with E-state index >= 15 is 0 Å². The van der Waals surface area contributed by atoms with Crippen molar-refractivity contribution in [2.24, 2.45) is 5.92 Å². The maximum absolute atomic E-state index is 11.1. The van der Waals surface area contributed by atoms with Crippen molar-refractivity contribution in [1.29, 1.82) is 0 Å². The number of carbonyl (C=O) groups is 1. The van der Waals surface area contributed by atoms with Gasteiger partial charge in [-0.1, -0.05) is 72.8 Å². The molecular weight excluding hydrogens is 362 g/mol. The highest BCUT2D eigenvalue weighted by Crippen LogP contribution is 2.32. The summed E-state index contributed by atoms with van der Waals surface area (Å²) in [5.74, 6) is 0.608. The molecule has 29 heavy (non-hydrogen) atoms. The van der Waals surface area contributed by atoms with Gasteiger partial charge in [0.1, 0.15) is 0 Å². The van der Waals surface area contributed by atoms with Crippen molar-refractivity contribution < 1.29 is 9.90 Å². The lowest BCUT2D eigenvalue weighted by molar-refractivity contribution is 0.151. The summed E-state index contributed by atoms with van der Waals surface area (Å²) in [7, 11) is 0. The lowest BCUT2D eigenvalue weighted by Crippen LogP contribution is -2.40. The van der Waals surface area contributed by atoms with Crippen molar-refractivity contribution >= 4 is 16.9 Å². The Labute approximate surface area is 171 Å². The Morgan fingerprint density at radius 3 is 2.55 bits per heavy atom. The zero-order valence-electron chi connectivity index (χ0n) is 16.6. The fourth-order valence-corrected chi connectivity index (χ4v) is 4.45. The monoisotopic (exact) mass is 389 g/mol. The number of hydrogen-bond acceptors (Lipinski definition) is 3. The number of fused-ring (bicyclic) bond motifs is 1. The van der Waals surface area contributed by atoms with Gasteiger partial charge >= 0.3 is 6.09 Å². The van der Waals surface area contributed by atoms with Gasteiger partial charge in [0.25, 0.3) is 0 Å². The molecule has 1 aliphatic heterocycles. The number of nitrogens with zero attached hydrogens (tertiary/aromatic N) is 1. The second-order valence-electron chi connectivity index (χ2n) is 7.80. The Hall–Kier alpha value is -2.89. The maximum Gasteiger partial charge on any atom is 0.419 e. The third kappa shape index (κ3) is 4.42. The summed E-state index contributed by atoms with van der Waals surface area (Å²) in [4.78, 5) is 11.1. The first-order chi connectivity index (χ1) is 14.1. The lowest BCUT2D eigenvalue weighted by Gasteiger charge is -2.23. The Morgan fingerprint density at radius 2 is 1.76 bits per heavy atom. The van der Waals surface area contributed by atoms with Crippen molar-refractivity contribution in [1.82, 2.24) is 15.8 Å². The minimum Gasteiger partial charge on any atom is -0.464 e. The van der Waals surface area contributed by atoms with E-state index < -0.39 is 6.09 Å². The van der Waals surface area contributed by atoms with E-state index in [4.69, 9.17) is 5.11 Å². The van der Waals surface area contributed by atoms with Crippen LogP contribution >= 0.6 is 0 Å². The minimum atomic E-state index is -1.01. The van der Waals surface area contributed by atoms with Gasteiger partial charge in [0, 0.05) is 31.6 Å². The van der Waals surface area contributed by atoms with Crippen LogP contribution in [-0.2, 0) is 0 Å². The van der Waals surface area contributed by atoms with E-state index in [1.807, 2.05) is 23.2 Å². The molecule has 0 spiro atoms. The van der Waals surface area contributed by atoms with Crippen LogP contribution in [-0.4, -0.2) is 35.8 Å². The molecule has 3 atom stereocenters. The third-order valence-electron chi connectivity index (χ3n) is 5.90. The van der Waals surface area contributed by atoms with Gasteiger partial charge in [0.05, 0.1) is 0 Å². The first-order valence-electron chi connectivity index (χ1n) is 10.1. The molecule has 1 aliphatic rings. The zero-order chi connectivity index (χ0) is 20.2. The fourth-order valence-electron chi connectivity index (χ4n) is 4.45. The van der Waals surface area contributed by atoms with Crippen LogP contribution in [0.1, 0.15) is 30.0 Å². The van der Waals surface area contributed by atoms with Crippen LogP contribution in [0.3, 0.4) is 0 Å². The summed E-state index contributed by atoms with van der Waals surface area (Å²) in [6, 6.07) is 25.5. The highest BCUT2D eigenvalue weighted by atomic mass is 16.4. The molecule has 1 amide bonds. The molecule has 0 unspecified atom stereocenters. The van der Waals surface area contributed by atoms with Gasteiger partial charge in [0.2, 0.25) is 0 Å². The Kier molecular flexibility index (Phi) is 5.79. The molecule has 1 saturated heterocycles. The van der Waals surface area contributed by atoms with E-state index in [1.54, 1.807) is 0 Å². The summed E-state index contributed by atoms with van der Waals surface area (Å²) in [6.07, 6.45) is -1.01. The predicted octanol–water partition coefficient (Wildman–Crippen LogP) is 4.39. The summed E-state index contributed by atoms with van der Waals surface area (Å²) in [6.45, 7) is 4.40. The molecule has 0 radical (unpaired) electrons. The SMILES string of the molecule is C[C@@H](NC[C@H]1CN(NC(=O)O)C[C@@H]1c1ccccc1)c1cccc2ccccc12. The molecule has 3 N–H and O–H groups in total. The average Bonchev–Trinajstić information content (AvgIpc) is 3.14. The molecular formula is C24H27N3O2. The quantitative estimate of drug-likeness (QED) is 0.585. The van der Waals surface area contributed by atoms with Gasteiger partial charge in [-0.15, -0.1) is 0 Å². The Morgan fingerprint density at radius 1 is 1.03 bits per heavy atom. The Bertz CT molecular complexity index is 971. The second-order valence-corrected chi connectivity index (χ2v) is 7.80. The smallest absolute Gasteiger partial charge is 0.419 e. The lowest BCUT2D eigenvalue weighted by atomic mass is 9.88. The standard InChI is InChI=1S/C24H27N3O2/c1-17(21-13-7-11-18-10-5-6-12-22(18)21)25-14-20-15-27(26-24(28)29)16-23(20)19-8-3-2-4-9-19/h2-13,17,20,23,25-26H,14-16H2,1H3,(H,28,29)/t17-,20+,23-/m1/s1. The van der Waals surface area contributed by atoms with Crippen LogP contribution in [0.4, 0.5) is 4.79 Å². The van der Waals surface area contributed by atoms with Gasteiger partial charge in [-0.2, -0.15) is 0 Å². The van der Waals surface area contributed by atoms with Crippen LogP contribution in [0, 0.1) is 5.92 Å². The number of hydrogen-bond donors (Lipinski definition) is 3. The van der Waals surface area contributed by atoms with Gasteiger partial charge in [-0.3, -0.25) is 5.43 Å². The molecule has 5 heteroatoms. The highest BCUT2D eigenvalue weighted by Gasteiger charge is 2.34. The van der Waals surface area contributed by atoms with E-state index in [9.17, 15) is 4.79 Å². The minimum absolute atomic E-state index is 0.207. The normalized spacial score (nSPS) is 20.6. The molecule has 1 fully saturated rings. The topological polar surface area (TPSA) is 64.6 Å². The van der Waals surface area contributed by atoms with Crippen LogP contribution in [0.2, 0.25) is 0 Å². The van der Waals surface area contributed by atoms with E-state index in [-0.39, 0.29) is 12.0 Å². The number of benzene rings is 3. The highest BCUT2D eigenvalue weighted by molar-refractivity contribution is 5.86. The summed E-state index contributed by atoms with van der Waals surface area (Å²) < 4.78 is 0. The van der Waals surface area contributed by atoms with Crippen molar-refractivity contribution in [2.45, 2.75) is 18.9 Å². The molecule has 0 saturated carbocycles. The third-order valence-corrected chi connectivity index (χ3v) is 5.90. The van der Waals surface area contributed by atoms with Gasteiger partial charge in [-0.05, 0) is 34.7 Å². The number of hydrazine groups is 1. The molecule has 3 aromatic rings. The molecule has 5 nitrogen and oxygen atoms in total. The van der Waals surface area contributed by atoms with Crippen LogP contribution in [0.5, 0.6) is 0 Å². The first kappa shape index (κ1) is 19.4. The molecule has 150 valence electrons. The predicted molar refractivity (Wildman–Crippen MR) is 116 cm³/mol. The van der Waals surface area contributed by atoms with Crippen molar-refractivity contribution in [3.05, 3.63) is 83.9 Å². The van der Waals surface area contributed by atoms with Crippen LogP contribution < -0.4 is 10.7 Å². The molecule has 0 aromatic heterocycles. The first-order valence-corrected chi connectivity index (χ1v) is 10.1. The van der Waals surface area contributed by atoms with Crippen LogP contribution in [0.15, 0.2) is 72.8 Å². The van der Waals surface area contributed by atoms with E-state index in [0.717, 1.165) is 6.54 Å².